The number of aromatic hydroxyl groups is 1. The Balaban J connectivity index is 1.92. The molecule has 1 saturated heterocycles. The van der Waals surface area contributed by atoms with Crippen LogP contribution in [0.2, 0.25) is 5.02 Å². The van der Waals surface area contributed by atoms with Gasteiger partial charge in [-0.25, -0.2) is 4.79 Å². The van der Waals surface area contributed by atoms with Crippen LogP contribution in [0.15, 0.2) is 72.3 Å². The Hall–Kier alpha value is -4.30. The minimum Gasteiger partial charge on any atom is -0.508 e. The first-order valence-corrected chi connectivity index (χ1v) is 11.7. The highest BCUT2D eigenvalue weighted by molar-refractivity contribution is 6.52. The second-order valence-electron chi connectivity index (χ2n) is 8.61. The van der Waals surface area contributed by atoms with E-state index in [4.69, 9.17) is 21.1 Å². The number of carbonyl (C=O) groups is 3. The predicted molar refractivity (Wildman–Crippen MR) is 138 cm³/mol. The van der Waals surface area contributed by atoms with E-state index in [0.29, 0.717) is 11.3 Å². The maximum Gasteiger partial charge on any atom is 0.338 e. The van der Waals surface area contributed by atoms with Crippen molar-refractivity contribution in [1.82, 2.24) is 0 Å². The van der Waals surface area contributed by atoms with Crippen molar-refractivity contribution < 1.29 is 34.1 Å². The van der Waals surface area contributed by atoms with Gasteiger partial charge in [-0.1, -0.05) is 29.8 Å². The topological polar surface area (TPSA) is 113 Å². The van der Waals surface area contributed by atoms with E-state index in [1.807, 2.05) is 0 Å². The maximum absolute atomic E-state index is 13.4. The average Bonchev–Trinajstić information content (AvgIpc) is 3.14. The summed E-state index contributed by atoms with van der Waals surface area (Å²) in [6.45, 7) is 3.43. The number of carbonyl (C=O) groups excluding carboxylic acids is 3. The Labute approximate surface area is 218 Å². The summed E-state index contributed by atoms with van der Waals surface area (Å²) < 4.78 is 10.5. The highest BCUT2D eigenvalue weighted by atomic mass is 35.5. The van der Waals surface area contributed by atoms with Gasteiger partial charge in [0.15, 0.2) is 0 Å². The van der Waals surface area contributed by atoms with Crippen LogP contribution >= 0.6 is 11.6 Å². The molecule has 0 aromatic heterocycles. The quantitative estimate of drug-likeness (QED) is 0.197. The van der Waals surface area contributed by atoms with E-state index < -0.39 is 29.5 Å². The minimum absolute atomic E-state index is 0.0185. The summed E-state index contributed by atoms with van der Waals surface area (Å²) in [4.78, 5) is 40.4. The number of phenols is 1. The van der Waals surface area contributed by atoms with Crippen LogP contribution in [0.5, 0.6) is 11.5 Å². The molecule has 8 nitrogen and oxygen atoms in total. The fourth-order valence-electron chi connectivity index (χ4n) is 4.09. The van der Waals surface area contributed by atoms with E-state index in [1.54, 1.807) is 32.0 Å². The van der Waals surface area contributed by atoms with Crippen LogP contribution in [0.1, 0.15) is 41.4 Å². The Kier molecular flexibility index (Phi) is 7.22. The van der Waals surface area contributed by atoms with Crippen LogP contribution in [0.4, 0.5) is 5.69 Å². The molecule has 2 N–H and O–H groups in total. The number of esters is 1. The number of hydrogen-bond donors (Lipinski definition) is 2. The van der Waals surface area contributed by atoms with E-state index in [0.717, 1.165) is 0 Å². The first-order chi connectivity index (χ1) is 17.6. The molecule has 1 aliphatic rings. The smallest absolute Gasteiger partial charge is 0.338 e. The van der Waals surface area contributed by atoms with Gasteiger partial charge >= 0.3 is 5.97 Å². The summed E-state index contributed by atoms with van der Waals surface area (Å²) in [5.74, 6) is -2.55. The second kappa shape index (κ2) is 10.4. The van der Waals surface area contributed by atoms with Gasteiger partial charge in [-0.15, -0.1) is 0 Å². The van der Waals surface area contributed by atoms with Gasteiger partial charge in [0.2, 0.25) is 0 Å². The number of rotatable bonds is 6. The lowest BCUT2D eigenvalue weighted by Crippen LogP contribution is -2.29. The largest absolute Gasteiger partial charge is 0.508 e. The Bertz CT molecular complexity index is 1410. The molecule has 0 spiro atoms. The lowest BCUT2D eigenvalue weighted by molar-refractivity contribution is -0.132. The first kappa shape index (κ1) is 25.8. The van der Waals surface area contributed by atoms with Gasteiger partial charge in [0, 0.05) is 11.3 Å². The average molecular weight is 522 g/mol. The third-order valence-electron chi connectivity index (χ3n) is 5.78. The third kappa shape index (κ3) is 5.01. The summed E-state index contributed by atoms with van der Waals surface area (Å²) in [5.41, 5.74) is 0.772. The number of Topliss-reactive ketones (excluding diaryl/α,β-unsaturated/α-hetero) is 1. The predicted octanol–water partition coefficient (Wildman–Crippen LogP) is 5.25. The molecule has 3 aromatic carbocycles. The van der Waals surface area contributed by atoms with Crippen LogP contribution in [-0.4, -0.2) is 41.1 Å². The molecule has 37 heavy (non-hydrogen) atoms. The normalized spacial score (nSPS) is 16.8. The Morgan fingerprint density at radius 1 is 1.03 bits per heavy atom. The SMILES string of the molecule is COc1ccc(Cl)c(/C(O)=C2\C(=O)C(=O)N(c3cccc(C(=O)OC(C)C)c3)C2c2ccc(O)cc2)c1. The molecule has 1 atom stereocenters. The van der Waals surface area contributed by atoms with E-state index >= 15 is 0 Å². The van der Waals surface area contributed by atoms with Crippen LogP contribution in [0.25, 0.3) is 5.76 Å². The lowest BCUT2D eigenvalue weighted by atomic mass is 9.95. The number of halogens is 1. The van der Waals surface area contributed by atoms with E-state index in [9.17, 15) is 24.6 Å². The molecule has 0 saturated carbocycles. The summed E-state index contributed by atoms with van der Waals surface area (Å²) in [5, 5.41) is 21.3. The van der Waals surface area contributed by atoms with Crippen LogP contribution < -0.4 is 9.64 Å². The highest BCUT2D eigenvalue weighted by Gasteiger charge is 2.47. The van der Waals surface area contributed by atoms with E-state index in [-0.39, 0.29) is 39.3 Å². The molecule has 4 rings (SSSR count). The fourth-order valence-corrected chi connectivity index (χ4v) is 4.30. The zero-order chi connectivity index (χ0) is 26.9. The van der Waals surface area contributed by atoms with Crippen LogP contribution in [0, 0.1) is 0 Å². The van der Waals surface area contributed by atoms with Gasteiger partial charge in [0.05, 0.1) is 35.4 Å². The van der Waals surface area contributed by atoms with E-state index in [1.165, 1.54) is 60.5 Å². The van der Waals surface area contributed by atoms with E-state index in [2.05, 4.69) is 0 Å². The molecular formula is C28H24ClNO7. The van der Waals surface area contributed by atoms with Crippen molar-refractivity contribution >= 4 is 40.7 Å². The fraction of sp³-hybridized carbons (Fsp3) is 0.179. The number of aliphatic hydroxyl groups excluding tert-OH is 1. The van der Waals surface area contributed by atoms with Gasteiger partial charge in [0.1, 0.15) is 17.3 Å². The molecule has 1 unspecified atom stereocenters. The minimum atomic E-state index is -1.08. The number of ether oxygens (including phenoxy) is 2. The Morgan fingerprint density at radius 3 is 2.38 bits per heavy atom. The van der Waals surface area contributed by atoms with Crippen molar-refractivity contribution in [2.45, 2.75) is 26.0 Å². The van der Waals surface area contributed by atoms with Crippen molar-refractivity contribution in [2.75, 3.05) is 12.0 Å². The van der Waals surface area contributed by atoms with Gasteiger partial charge in [0.25, 0.3) is 11.7 Å². The lowest BCUT2D eigenvalue weighted by Gasteiger charge is -2.26. The number of benzene rings is 3. The molecule has 1 heterocycles. The monoisotopic (exact) mass is 521 g/mol. The van der Waals surface area contributed by atoms with Crippen molar-refractivity contribution in [3.63, 3.8) is 0 Å². The molecule has 1 amide bonds. The van der Waals surface area contributed by atoms with Crippen LogP contribution in [0.3, 0.4) is 0 Å². The molecule has 1 aliphatic heterocycles. The number of nitrogens with zero attached hydrogens (tertiary/aromatic N) is 1. The molecule has 0 aliphatic carbocycles. The van der Waals surface area contributed by atoms with Crippen molar-refractivity contribution in [2.24, 2.45) is 0 Å². The number of methoxy groups -OCH3 is 1. The number of ketones is 1. The third-order valence-corrected chi connectivity index (χ3v) is 6.11. The summed E-state index contributed by atoms with van der Waals surface area (Å²) in [6.07, 6.45) is -0.352. The molecule has 0 bridgehead atoms. The molecule has 190 valence electrons. The van der Waals surface area contributed by atoms with Gasteiger partial charge in [-0.2, -0.15) is 0 Å². The number of amides is 1. The highest BCUT2D eigenvalue weighted by Crippen LogP contribution is 2.43. The number of aliphatic hydroxyl groups is 1. The van der Waals surface area contributed by atoms with Crippen molar-refractivity contribution in [3.05, 3.63) is 94.0 Å². The standard InChI is InChI=1S/C28H24ClNO7/c1-15(2)37-28(35)17-5-4-6-18(13-17)30-24(16-7-9-19(31)10-8-16)23(26(33)27(30)34)25(32)21-14-20(36-3)11-12-22(21)29/h4-15,24,31-32H,1-3H3/b25-23+. The van der Waals surface area contributed by atoms with Crippen LogP contribution in [-0.2, 0) is 14.3 Å². The number of hydrogen-bond acceptors (Lipinski definition) is 7. The van der Waals surface area contributed by atoms with Crippen molar-refractivity contribution in [3.8, 4) is 11.5 Å². The zero-order valence-electron chi connectivity index (χ0n) is 20.3. The van der Waals surface area contributed by atoms with Gasteiger partial charge in [-0.3, -0.25) is 14.5 Å². The number of phenolic OH excluding ortho intramolecular Hbond substituents is 1. The zero-order valence-corrected chi connectivity index (χ0v) is 21.0. The molecular weight excluding hydrogens is 498 g/mol. The molecule has 1 fully saturated rings. The molecule has 0 radical (unpaired) electrons. The number of anilines is 1. The van der Waals surface area contributed by atoms with Gasteiger partial charge < -0.3 is 19.7 Å². The second-order valence-corrected chi connectivity index (χ2v) is 9.02. The molecule has 9 heteroatoms. The molecule has 3 aromatic rings. The summed E-state index contributed by atoms with van der Waals surface area (Å²) in [7, 11) is 1.44. The van der Waals surface area contributed by atoms with Gasteiger partial charge in [-0.05, 0) is 67.9 Å². The summed E-state index contributed by atoms with van der Waals surface area (Å²) in [6, 6.07) is 15.5. The Morgan fingerprint density at radius 2 is 1.73 bits per heavy atom. The van der Waals surface area contributed by atoms with Crippen molar-refractivity contribution in [1.29, 1.82) is 0 Å². The maximum atomic E-state index is 13.4. The first-order valence-electron chi connectivity index (χ1n) is 11.4. The summed E-state index contributed by atoms with van der Waals surface area (Å²) >= 11 is 6.33.